The average molecular weight is 513 g/mol. The van der Waals surface area contributed by atoms with Crippen LogP contribution in [0.2, 0.25) is 0 Å². The molecule has 3 N–H and O–H groups in total. The second-order valence-electron chi connectivity index (χ2n) is 7.22. The second kappa shape index (κ2) is 17.5. The predicted molar refractivity (Wildman–Crippen MR) is 115 cm³/mol. The van der Waals surface area contributed by atoms with Crippen LogP contribution in [0.4, 0.5) is 4.39 Å². The van der Waals surface area contributed by atoms with Gasteiger partial charge in [-0.25, -0.2) is 4.68 Å². The SMILES string of the molecule is O=C(O)CCC(CP(=O)(O)OCCOCCOCCOCCn1cc(CCCF)nn1)C(=O)O. The Bertz CT molecular complexity index is 766. The van der Waals surface area contributed by atoms with Crippen molar-refractivity contribution < 1.29 is 52.4 Å². The van der Waals surface area contributed by atoms with Crippen molar-refractivity contribution >= 4 is 19.5 Å². The maximum Gasteiger partial charge on any atom is 0.329 e. The molecule has 196 valence electrons. The van der Waals surface area contributed by atoms with Gasteiger partial charge in [-0.05, 0) is 19.3 Å². The molecule has 0 aliphatic heterocycles. The van der Waals surface area contributed by atoms with Gasteiger partial charge in [-0.1, -0.05) is 5.21 Å². The maximum absolute atomic E-state index is 12.1. The first kappa shape index (κ1) is 30.1. The van der Waals surface area contributed by atoms with Crippen LogP contribution in [0.25, 0.3) is 0 Å². The summed E-state index contributed by atoms with van der Waals surface area (Å²) < 4.78 is 46.5. The van der Waals surface area contributed by atoms with Gasteiger partial charge >= 0.3 is 19.5 Å². The third-order valence-electron chi connectivity index (χ3n) is 4.39. The van der Waals surface area contributed by atoms with E-state index in [2.05, 4.69) is 10.3 Å². The topological polar surface area (TPSA) is 180 Å². The number of alkyl halides is 1. The molecular formula is C19H33FN3O10P. The molecule has 0 fully saturated rings. The van der Waals surface area contributed by atoms with Crippen LogP contribution >= 0.6 is 7.60 Å². The number of halogens is 1. The van der Waals surface area contributed by atoms with E-state index in [1.807, 2.05) is 0 Å². The molecule has 34 heavy (non-hydrogen) atoms. The van der Waals surface area contributed by atoms with E-state index >= 15 is 0 Å². The van der Waals surface area contributed by atoms with Crippen molar-refractivity contribution in [2.75, 3.05) is 59.1 Å². The Hall–Kier alpha value is -1.96. The summed E-state index contributed by atoms with van der Waals surface area (Å²) in [5, 5.41) is 25.5. The number of aromatic nitrogens is 3. The van der Waals surface area contributed by atoms with Crippen LogP contribution in [0.3, 0.4) is 0 Å². The summed E-state index contributed by atoms with van der Waals surface area (Å²) in [6.07, 6.45) is 1.38. The summed E-state index contributed by atoms with van der Waals surface area (Å²) in [7, 11) is -4.19. The molecule has 0 aliphatic rings. The highest BCUT2D eigenvalue weighted by Crippen LogP contribution is 2.44. The van der Waals surface area contributed by atoms with Crippen molar-refractivity contribution in [2.45, 2.75) is 32.2 Å². The summed E-state index contributed by atoms with van der Waals surface area (Å²) in [4.78, 5) is 31.4. The van der Waals surface area contributed by atoms with Gasteiger partial charge < -0.3 is 33.8 Å². The Morgan fingerprint density at radius 1 is 1.06 bits per heavy atom. The number of carboxylic acids is 2. The standard InChI is InChI=1S/C19H33FN3O10P/c20-5-1-2-17-14-23(22-21-17)6-7-30-8-9-31-10-11-32-12-13-33-34(28,29)15-16(19(26)27)3-4-18(24)25/h14,16H,1-13,15H2,(H,24,25)(H,26,27)(H,28,29). The lowest BCUT2D eigenvalue weighted by molar-refractivity contribution is -0.142. The number of nitrogens with zero attached hydrogens (tertiary/aromatic N) is 3. The van der Waals surface area contributed by atoms with Crippen molar-refractivity contribution in [3.8, 4) is 0 Å². The van der Waals surface area contributed by atoms with Crippen LogP contribution in [0.15, 0.2) is 6.20 Å². The largest absolute Gasteiger partial charge is 0.481 e. The van der Waals surface area contributed by atoms with Gasteiger partial charge in [-0.15, -0.1) is 5.10 Å². The molecule has 0 bridgehead atoms. The number of hydrogen-bond acceptors (Lipinski definition) is 9. The number of aryl methyl sites for hydroxylation is 1. The molecule has 0 saturated heterocycles. The Morgan fingerprint density at radius 2 is 1.68 bits per heavy atom. The van der Waals surface area contributed by atoms with Crippen molar-refractivity contribution in [3.63, 3.8) is 0 Å². The van der Waals surface area contributed by atoms with Gasteiger partial charge in [0.1, 0.15) is 0 Å². The Balaban J connectivity index is 2.00. The second-order valence-corrected chi connectivity index (χ2v) is 9.12. The fourth-order valence-electron chi connectivity index (χ4n) is 2.67. The molecule has 1 aromatic rings. The molecule has 0 spiro atoms. The maximum atomic E-state index is 12.1. The minimum atomic E-state index is -4.19. The molecule has 2 atom stereocenters. The van der Waals surface area contributed by atoms with Gasteiger partial charge in [0.15, 0.2) is 0 Å². The highest BCUT2D eigenvalue weighted by atomic mass is 31.2. The lowest BCUT2D eigenvalue weighted by Crippen LogP contribution is -2.20. The molecule has 2 unspecified atom stereocenters. The van der Waals surface area contributed by atoms with Crippen molar-refractivity contribution in [1.82, 2.24) is 15.0 Å². The fourth-order valence-corrected chi connectivity index (χ4v) is 4.03. The zero-order chi connectivity index (χ0) is 25.2. The van der Waals surface area contributed by atoms with E-state index in [0.29, 0.717) is 39.2 Å². The van der Waals surface area contributed by atoms with Gasteiger partial charge in [-0.2, -0.15) is 0 Å². The number of hydrogen-bond donors (Lipinski definition) is 3. The summed E-state index contributed by atoms with van der Waals surface area (Å²) in [5.41, 5.74) is 0.744. The Morgan fingerprint density at radius 3 is 2.26 bits per heavy atom. The third kappa shape index (κ3) is 15.0. The van der Waals surface area contributed by atoms with Gasteiger partial charge in [-0.3, -0.25) is 18.5 Å². The predicted octanol–water partition coefficient (Wildman–Crippen LogP) is 0.998. The van der Waals surface area contributed by atoms with E-state index in [1.165, 1.54) is 0 Å². The lowest BCUT2D eigenvalue weighted by atomic mass is 10.1. The van der Waals surface area contributed by atoms with Crippen LogP contribution in [0, 0.1) is 5.92 Å². The average Bonchev–Trinajstić information content (AvgIpc) is 3.23. The summed E-state index contributed by atoms with van der Waals surface area (Å²) >= 11 is 0. The number of ether oxygens (including phenoxy) is 3. The zero-order valence-corrected chi connectivity index (χ0v) is 19.8. The molecule has 0 amide bonds. The molecular weight excluding hydrogens is 480 g/mol. The van der Waals surface area contributed by atoms with E-state index in [1.54, 1.807) is 10.9 Å². The quantitative estimate of drug-likeness (QED) is 0.148. The molecule has 1 rings (SSSR count). The minimum Gasteiger partial charge on any atom is -0.481 e. The van der Waals surface area contributed by atoms with Crippen molar-refractivity contribution in [1.29, 1.82) is 0 Å². The highest BCUT2D eigenvalue weighted by Gasteiger charge is 2.30. The number of carboxylic acid groups (broad SMARTS) is 2. The van der Waals surface area contributed by atoms with Gasteiger partial charge in [0.05, 0.1) is 77.2 Å². The van der Waals surface area contributed by atoms with E-state index in [4.69, 9.17) is 28.9 Å². The third-order valence-corrected chi connectivity index (χ3v) is 5.88. The number of aliphatic carboxylic acids is 2. The Kier molecular flexibility index (Phi) is 15.5. The number of carbonyl (C=O) groups is 2. The molecule has 1 aromatic heterocycles. The number of rotatable bonds is 22. The van der Waals surface area contributed by atoms with E-state index in [-0.39, 0.29) is 39.5 Å². The smallest absolute Gasteiger partial charge is 0.329 e. The van der Waals surface area contributed by atoms with Crippen molar-refractivity contribution in [2.24, 2.45) is 5.92 Å². The van der Waals surface area contributed by atoms with Crippen LogP contribution in [-0.2, 0) is 45.9 Å². The van der Waals surface area contributed by atoms with Gasteiger partial charge in [0, 0.05) is 12.6 Å². The molecule has 13 nitrogen and oxygen atoms in total. The Labute approximate surface area is 196 Å². The molecule has 0 radical (unpaired) electrons. The molecule has 0 aromatic carbocycles. The summed E-state index contributed by atoms with van der Waals surface area (Å²) in [5.74, 6) is -3.83. The first-order valence-corrected chi connectivity index (χ1v) is 12.6. The summed E-state index contributed by atoms with van der Waals surface area (Å²) in [6, 6.07) is 0. The highest BCUT2D eigenvalue weighted by molar-refractivity contribution is 7.52. The van der Waals surface area contributed by atoms with Gasteiger partial charge in [0.25, 0.3) is 0 Å². The molecule has 1 heterocycles. The van der Waals surface area contributed by atoms with Crippen molar-refractivity contribution in [3.05, 3.63) is 11.9 Å². The van der Waals surface area contributed by atoms with Gasteiger partial charge in [0.2, 0.25) is 0 Å². The normalized spacial score (nSPS) is 14.1. The molecule has 0 saturated carbocycles. The van der Waals surface area contributed by atoms with Crippen LogP contribution in [0.5, 0.6) is 0 Å². The zero-order valence-electron chi connectivity index (χ0n) is 18.9. The molecule has 15 heteroatoms. The first-order valence-electron chi connectivity index (χ1n) is 10.8. The van der Waals surface area contributed by atoms with Crippen LogP contribution < -0.4 is 0 Å². The van der Waals surface area contributed by atoms with Crippen LogP contribution in [0.1, 0.15) is 25.0 Å². The van der Waals surface area contributed by atoms with Crippen LogP contribution in [-0.4, -0.2) is 101 Å². The van der Waals surface area contributed by atoms with E-state index in [0.717, 1.165) is 5.69 Å². The fraction of sp³-hybridized carbons (Fsp3) is 0.789. The van der Waals surface area contributed by atoms with E-state index < -0.39 is 38.0 Å². The monoisotopic (exact) mass is 513 g/mol. The first-order chi connectivity index (χ1) is 16.2. The lowest BCUT2D eigenvalue weighted by Gasteiger charge is -2.16. The van der Waals surface area contributed by atoms with E-state index in [9.17, 15) is 23.4 Å². The summed E-state index contributed by atoms with van der Waals surface area (Å²) in [6.45, 7) is 1.54. The molecule has 0 aliphatic carbocycles. The minimum absolute atomic E-state index is 0.00248.